The van der Waals surface area contributed by atoms with Crippen LogP contribution in [0.5, 0.6) is 0 Å². The maximum atomic E-state index is 7.21. The van der Waals surface area contributed by atoms with Crippen LogP contribution in [0.15, 0.2) is 30.3 Å². The van der Waals surface area contributed by atoms with Crippen molar-refractivity contribution in [3.63, 3.8) is 0 Å². The molecule has 0 amide bonds. The van der Waals surface area contributed by atoms with Gasteiger partial charge in [-0.2, -0.15) is 0 Å². The molecule has 1 N–H and O–H groups in total. The van der Waals surface area contributed by atoms with Gasteiger partial charge in [-0.15, -0.1) is 0 Å². The average Bonchev–Trinajstić information content (AvgIpc) is 2.01. The molecule has 1 aromatic carbocycles. The smallest absolute Gasteiger partial charge is 0.0283 e. The van der Waals surface area contributed by atoms with Crippen molar-refractivity contribution in [3.8, 4) is 0 Å². The Bertz CT molecular complexity index is 311. The lowest BCUT2D eigenvalue weighted by Gasteiger charge is -1.94. The Morgan fingerprint density at radius 2 is 2.17 bits per heavy atom. The van der Waals surface area contributed by atoms with Crippen molar-refractivity contribution in [2.75, 3.05) is 0 Å². The van der Waals surface area contributed by atoms with Crippen LogP contribution >= 0.6 is 0 Å². The second kappa shape index (κ2) is 3.86. The maximum Gasteiger partial charge on any atom is 0.0283 e. The fourth-order valence-electron chi connectivity index (χ4n) is 0.995. The molecule has 62 valence electrons. The lowest BCUT2D eigenvalue weighted by molar-refractivity contribution is 1.46. The molecule has 0 unspecified atom stereocenters. The van der Waals surface area contributed by atoms with Crippen LogP contribution in [0.3, 0.4) is 0 Å². The zero-order valence-electron chi connectivity index (χ0n) is 7.46. The van der Waals surface area contributed by atoms with Crippen molar-refractivity contribution >= 4 is 11.8 Å². The quantitative estimate of drug-likeness (QED) is 0.641. The van der Waals surface area contributed by atoms with Crippen molar-refractivity contribution in [2.45, 2.75) is 13.8 Å². The number of hydrogen-bond donors (Lipinski definition) is 1. The van der Waals surface area contributed by atoms with E-state index < -0.39 is 0 Å². The first-order valence-corrected chi connectivity index (χ1v) is 3.98. The molecule has 1 heteroatoms. The third-order valence-electron chi connectivity index (χ3n) is 1.57. The zero-order valence-corrected chi connectivity index (χ0v) is 7.46. The second-order valence-electron chi connectivity index (χ2n) is 2.93. The van der Waals surface area contributed by atoms with Gasteiger partial charge in [0, 0.05) is 5.71 Å². The highest BCUT2D eigenvalue weighted by Crippen LogP contribution is 2.05. The van der Waals surface area contributed by atoms with E-state index in [9.17, 15) is 0 Å². The number of allylic oxidation sites excluding steroid dienone is 1. The van der Waals surface area contributed by atoms with Gasteiger partial charge in [-0.3, -0.25) is 0 Å². The summed E-state index contributed by atoms with van der Waals surface area (Å²) >= 11 is 0. The Balaban J connectivity index is 2.83. The maximum absolute atomic E-state index is 7.21. The van der Waals surface area contributed by atoms with Crippen LogP contribution in [-0.2, 0) is 0 Å². The summed E-state index contributed by atoms with van der Waals surface area (Å²) in [7, 11) is 0. The highest BCUT2D eigenvalue weighted by Gasteiger charge is 1.86. The normalized spacial score (nSPS) is 10.5. The Kier molecular flexibility index (Phi) is 2.81. The van der Waals surface area contributed by atoms with E-state index in [0.717, 1.165) is 5.56 Å². The van der Waals surface area contributed by atoms with E-state index in [1.165, 1.54) is 5.56 Å². The molecule has 0 radical (unpaired) electrons. The van der Waals surface area contributed by atoms with Crippen LogP contribution in [0.4, 0.5) is 0 Å². The van der Waals surface area contributed by atoms with Crippen molar-refractivity contribution in [2.24, 2.45) is 0 Å². The van der Waals surface area contributed by atoms with Crippen molar-refractivity contribution < 1.29 is 0 Å². The molecule has 0 aliphatic heterocycles. The lowest BCUT2D eigenvalue weighted by Crippen LogP contribution is -1.79. The summed E-state index contributed by atoms with van der Waals surface area (Å²) in [5, 5.41) is 7.21. The summed E-state index contributed by atoms with van der Waals surface area (Å²) in [5.74, 6) is 0. The van der Waals surface area contributed by atoms with E-state index in [1.807, 2.05) is 18.2 Å². The molecule has 0 bridgehead atoms. The Morgan fingerprint density at radius 3 is 2.75 bits per heavy atom. The van der Waals surface area contributed by atoms with Gasteiger partial charge in [-0.05, 0) is 25.5 Å². The zero-order chi connectivity index (χ0) is 8.97. The molecule has 0 heterocycles. The van der Waals surface area contributed by atoms with Crippen molar-refractivity contribution in [3.05, 3.63) is 41.5 Å². The third kappa shape index (κ3) is 2.70. The van der Waals surface area contributed by atoms with Gasteiger partial charge >= 0.3 is 0 Å². The van der Waals surface area contributed by atoms with Crippen LogP contribution in [0.25, 0.3) is 6.08 Å². The van der Waals surface area contributed by atoms with E-state index in [1.54, 1.807) is 13.0 Å². The fourth-order valence-corrected chi connectivity index (χ4v) is 0.995. The lowest BCUT2D eigenvalue weighted by atomic mass is 10.1. The Morgan fingerprint density at radius 1 is 1.42 bits per heavy atom. The first kappa shape index (κ1) is 8.72. The van der Waals surface area contributed by atoms with E-state index >= 15 is 0 Å². The molecular weight excluding hydrogens is 146 g/mol. The van der Waals surface area contributed by atoms with E-state index in [2.05, 4.69) is 19.1 Å². The summed E-state index contributed by atoms with van der Waals surface area (Å²) in [5.41, 5.74) is 2.98. The molecule has 0 aliphatic carbocycles. The molecule has 1 nitrogen and oxygen atoms in total. The molecule has 0 aliphatic rings. The standard InChI is InChI=1S/C11H13N/c1-9-4-3-5-11(8-9)7-6-10(2)12/h3-8,12H,1-2H3/b7-6+,12-10?. The first-order chi connectivity index (χ1) is 5.68. The van der Waals surface area contributed by atoms with Gasteiger partial charge in [-0.1, -0.05) is 35.9 Å². The molecule has 0 atom stereocenters. The summed E-state index contributed by atoms with van der Waals surface area (Å²) in [4.78, 5) is 0. The van der Waals surface area contributed by atoms with Crippen LogP contribution in [0.2, 0.25) is 0 Å². The van der Waals surface area contributed by atoms with Crippen LogP contribution in [0, 0.1) is 12.3 Å². The predicted molar refractivity (Wildman–Crippen MR) is 53.6 cm³/mol. The Hall–Kier alpha value is -1.37. The molecule has 12 heavy (non-hydrogen) atoms. The minimum Gasteiger partial charge on any atom is -0.306 e. The topological polar surface area (TPSA) is 23.9 Å². The Labute approximate surface area is 73.3 Å². The molecule has 1 rings (SSSR count). The van der Waals surface area contributed by atoms with Gasteiger partial charge in [0.25, 0.3) is 0 Å². The van der Waals surface area contributed by atoms with Crippen LogP contribution in [-0.4, -0.2) is 5.71 Å². The van der Waals surface area contributed by atoms with E-state index in [0.29, 0.717) is 5.71 Å². The monoisotopic (exact) mass is 159 g/mol. The third-order valence-corrected chi connectivity index (χ3v) is 1.57. The number of nitrogens with one attached hydrogen (secondary N) is 1. The van der Waals surface area contributed by atoms with Gasteiger partial charge in [0.15, 0.2) is 0 Å². The average molecular weight is 159 g/mol. The summed E-state index contributed by atoms with van der Waals surface area (Å²) in [6.07, 6.45) is 3.75. The fraction of sp³-hybridized carbons (Fsp3) is 0.182. The summed E-state index contributed by atoms with van der Waals surface area (Å²) in [6.45, 7) is 3.83. The van der Waals surface area contributed by atoms with E-state index in [4.69, 9.17) is 5.41 Å². The molecule has 0 saturated heterocycles. The molecule has 1 aromatic rings. The molecule has 0 spiro atoms. The summed E-state index contributed by atoms with van der Waals surface area (Å²) in [6, 6.07) is 8.22. The van der Waals surface area contributed by atoms with Gasteiger partial charge in [-0.25, -0.2) is 0 Å². The minimum atomic E-state index is 0.580. The van der Waals surface area contributed by atoms with Gasteiger partial charge < -0.3 is 5.41 Å². The SMILES string of the molecule is CC(=N)/C=C/c1cccc(C)c1. The predicted octanol–water partition coefficient (Wildman–Crippen LogP) is 3.05. The van der Waals surface area contributed by atoms with Gasteiger partial charge in [0.05, 0.1) is 0 Å². The van der Waals surface area contributed by atoms with Gasteiger partial charge in [0.2, 0.25) is 0 Å². The number of rotatable bonds is 2. The van der Waals surface area contributed by atoms with Crippen LogP contribution < -0.4 is 0 Å². The first-order valence-electron chi connectivity index (χ1n) is 3.98. The van der Waals surface area contributed by atoms with E-state index in [-0.39, 0.29) is 0 Å². The molecule has 0 aromatic heterocycles. The molecular formula is C11H13N. The minimum absolute atomic E-state index is 0.580. The van der Waals surface area contributed by atoms with Crippen molar-refractivity contribution in [1.29, 1.82) is 5.41 Å². The highest BCUT2D eigenvalue weighted by atomic mass is 14.4. The number of benzene rings is 1. The number of aryl methyl sites for hydroxylation is 1. The van der Waals surface area contributed by atoms with Crippen molar-refractivity contribution in [1.82, 2.24) is 0 Å². The van der Waals surface area contributed by atoms with Gasteiger partial charge in [0.1, 0.15) is 0 Å². The highest BCUT2D eigenvalue weighted by molar-refractivity contribution is 5.93. The molecule has 0 saturated carbocycles. The largest absolute Gasteiger partial charge is 0.306 e. The second-order valence-corrected chi connectivity index (χ2v) is 2.93. The number of hydrogen-bond acceptors (Lipinski definition) is 1. The summed E-state index contributed by atoms with van der Waals surface area (Å²) < 4.78 is 0. The molecule has 0 fully saturated rings. The van der Waals surface area contributed by atoms with Crippen LogP contribution in [0.1, 0.15) is 18.1 Å².